The summed E-state index contributed by atoms with van der Waals surface area (Å²) in [5, 5.41) is 3.39. The fraction of sp³-hybridized carbons (Fsp3) is 0.125. The van der Waals surface area contributed by atoms with Gasteiger partial charge in [-0.05, 0) is 49.4 Å². The Bertz CT molecular complexity index is 1340. The summed E-state index contributed by atoms with van der Waals surface area (Å²) >= 11 is 0. The Morgan fingerprint density at radius 1 is 0.968 bits per heavy atom. The van der Waals surface area contributed by atoms with E-state index in [-0.39, 0.29) is 11.5 Å². The summed E-state index contributed by atoms with van der Waals surface area (Å²) in [5.41, 5.74) is 2.01. The van der Waals surface area contributed by atoms with Crippen LogP contribution in [0.5, 0.6) is 11.5 Å². The van der Waals surface area contributed by atoms with Crippen LogP contribution >= 0.6 is 0 Å². The maximum absolute atomic E-state index is 13.1. The van der Waals surface area contributed by atoms with Crippen LogP contribution in [0, 0.1) is 6.92 Å². The predicted molar refractivity (Wildman–Crippen MR) is 120 cm³/mol. The van der Waals surface area contributed by atoms with Gasteiger partial charge in [0.25, 0.3) is 11.5 Å². The molecule has 0 bridgehead atoms. The molecule has 31 heavy (non-hydrogen) atoms. The first-order valence-corrected chi connectivity index (χ1v) is 9.64. The lowest BCUT2D eigenvalue weighted by atomic mass is 10.1. The summed E-state index contributed by atoms with van der Waals surface area (Å²) in [6.45, 7) is 1.78. The van der Waals surface area contributed by atoms with Crippen molar-refractivity contribution in [2.45, 2.75) is 6.92 Å². The monoisotopic (exact) mass is 415 g/mol. The van der Waals surface area contributed by atoms with Crippen molar-refractivity contribution >= 4 is 22.5 Å². The van der Waals surface area contributed by atoms with E-state index in [4.69, 9.17) is 9.47 Å². The standard InChI is InChI=1S/C24H21N3O4/c1-15-25-21-10-5-4-9-19(21)24(29)27(15)17-8-6-7-16(13-17)26-23(28)20-12-11-18(30-2)14-22(20)31-3/h4-14H,1-3H3,(H,26,28). The van der Waals surface area contributed by atoms with Crippen molar-refractivity contribution in [1.82, 2.24) is 9.55 Å². The van der Waals surface area contributed by atoms with Crippen LogP contribution in [0.4, 0.5) is 5.69 Å². The maximum Gasteiger partial charge on any atom is 0.265 e. The zero-order valence-electron chi connectivity index (χ0n) is 17.4. The highest BCUT2D eigenvalue weighted by Gasteiger charge is 2.15. The van der Waals surface area contributed by atoms with Crippen LogP contribution in [-0.4, -0.2) is 29.7 Å². The summed E-state index contributed by atoms with van der Waals surface area (Å²) in [6.07, 6.45) is 0. The molecule has 0 spiro atoms. The molecule has 1 heterocycles. The van der Waals surface area contributed by atoms with E-state index >= 15 is 0 Å². The highest BCUT2D eigenvalue weighted by Crippen LogP contribution is 2.26. The second-order valence-electron chi connectivity index (χ2n) is 6.89. The van der Waals surface area contributed by atoms with Gasteiger partial charge in [-0.1, -0.05) is 18.2 Å². The number of para-hydroxylation sites is 1. The number of fused-ring (bicyclic) bond motifs is 1. The fourth-order valence-corrected chi connectivity index (χ4v) is 3.46. The molecule has 0 aliphatic rings. The number of hydrogen-bond donors (Lipinski definition) is 1. The first-order valence-electron chi connectivity index (χ1n) is 9.64. The zero-order chi connectivity index (χ0) is 22.0. The van der Waals surface area contributed by atoms with Gasteiger partial charge < -0.3 is 14.8 Å². The van der Waals surface area contributed by atoms with E-state index in [1.54, 1.807) is 62.6 Å². The average Bonchev–Trinajstić information content (AvgIpc) is 2.79. The molecule has 0 aliphatic carbocycles. The van der Waals surface area contributed by atoms with Crippen LogP contribution in [0.3, 0.4) is 0 Å². The summed E-state index contributed by atoms with van der Waals surface area (Å²) in [5.74, 6) is 1.22. The SMILES string of the molecule is COc1ccc(C(=O)Nc2cccc(-n3c(C)nc4ccccc4c3=O)c2)c(OC)c1. The van der Waals surface area contributed by atoms with Crippen LogP contribution in [0.15, 0.2) is 71.5 Å². The molecular formula is C24H21N3O4. The number of hydrogen-bond acceptors (Lipinski definition) is 5. The zero-order valence-corrected chi connectivity index (χ0v) is 17.4. The third kappa shape index (κ3) is 3.85. The molecule has 0 unspecified atom stereocenters. The molecule has 1 N–H and O–H groups in total. The van der Waals surface area contributed by atoms with E-state index in [0.717, 1.165) is 0 Å². The number of amides is 1. The van der Waals surface area contributed by atoms with Crippen molar-refractivity contribution in [3.05, 3.63) is 88.5 Å². The summed E-state index contributed by atoms with van der Waals surface area (Å²) in [4.78, 5) is 30.4. The Kier molecular flexibility index (Phi) is 5.41. The Hall–Kier alpha value is -4.13. The topological polar surface area (TPSA) is 82.5 Å². The van der Waals surface area contributed by atoms with Crippen molar-refractivity contribution in [1.29, 1.82) is 0 Å². The average molecular weight is 415 g/mol. The van der Waals surface area contributed by atoms with Gasteiger partial charge in [-0.2, -0.15) is 0 Å². The van der Waals surface area contributed by atoms with E-state index in [2.05, 4.69) is 10.3 Å². The Balaban J connectivity index is 1.70. The van der Waals surface area contributed by atoms with E-state index in [1.165, 1.54) is 11.7 Å². The molecule has 156 valence electrons. The number of rotatable bonds is 5. The first kappa shape index (κ1) is 20.2. The molecule has 3 aromatic carbocycles. The van der Waals surface area contributed by atoms with Gasteiger partial charge in [0.15, 0.2) is 0 Å². The number of aromatic nitrogens is 2. The molecule has 4 rings (SSSR count). The van der Waals surface area contributed by atoms with E-state index in [1.807, 2.05) is 18.2 Å². The van der Waals surface area contributed by atoms with Crippen LogP contribution in [0.2, 0.25) is 0 Å². The largest absolute Gasteiger partial charge is 0.497 e. The Labute approximate surface area is 178 Å². The molecule has 0 saturated carbocycles. The molecule has 0 atom stereocenters. The molecule has 4 aromatic rings. The van der Waals surface area contributed by atoms with Gasteiger partial charge in [-0.15, -0.1) is 0 Å². The van der Waals surface area contributed by atoms with Crippen LogP contribution in [-0.2, 0) is 0 Å². The lowest BCUT2D eigenvalue weighted by Gasteiger charge is -2.14. The molecule has 0 saturated heterocycles. The van der Waals surface area contributed by atoms with Crippen molar-refractivity contribution in [2.24, 2.45) is 0 Å². The van der Waals surface area contributed by atoms with Crippen LogP contribution in [0.1, 0.15) is 16.2 Å². The smallest absolute Gasteiger partial charge is 0.265 e. The number of anilines is 1. The van der Waals surface area contributed by atoms with Crippen LogP contribution in [0.25, 0.3) is 16.6 Å². The highest BCUT2D eigenvalue weighted by atomic mass is 16.5. The number of nitrogens with one attached hydrogen (secondary N) is 1. The first-order chi connectivity index (χ1) is 15.0. The predicted octanol–water partition coefficient (Wildman–Crippen LogP) is 3.96. The summed E-state index contributed by atoms with van der Waals surface area (Å²) in [7, 11) is 3.04. The number of nitrogens with zero attached hydrogens (tertiary/aromatic N) is 2. The molecule has 0 fully saturated rings. The van der Waals surface area contributed by atoms with E-state index in [9.17, 15) is 9.59 Å². The molecule has 0 aliphatic heterocycles. The highest BCUT2D eigenvalue weighted by molar-refractivity contribution is 6.06. The number of carbonyl (C=O) groups excluding carboxylic acids is 1. The molecule has 1 amide bonds. The normalized spacial score (nSPS) is 10.7. The molecule has 7 heteroatoms. The van der Waals surface area contributed by atoms with E-state index in [0.29, 0.717) is 45.2 Å². The van der Waals surface area contributed by atoms with Gasteiger partial charge in [0.1, 0.15) is 17.3 Å². The molecular weight excluding hydrogens is 394 g/mol. The van der Waals surface area contributed by atoms with Crippen molar-refractivity contribution in [2.75, 3.05) is 19.5 Å². The number of methoxy groups -OCH3 is 2. The third-order valence-electron chi connectivity index (χ3n) is 4.96. The number of carbonyl (C=O) groups is 1. The van der Waals surface area contributed by atoms with Gasteiger partial charge >= 0.3 is 0 Å². The van der Waals surface area contributed by atoms with Crippen molar-refractivity contribution in [3.8, 4) is 17.2 Å². The number of ether oxygens (including phenoxy) is 2. The second kappa shape index (κ2) is 8.31. The third-order valence-corrected chi connectivity index (χ3v) is 4.96. The van der Waals surface area contributed by atoms with Gasteiger partial charge in [0, 0.05) is 11.8 Å². The lowest BCUT2D eigenvalue weighted by Crippen LogP contribution is -2.22. The molecule has 1 aromatic heterocycles. The summed E-state index contributed by atoms with van der Waals surface area (Å²) in [6, 6.07) is 19.3. The lowest BCUT2D eigenvalue weighted by molar-refractivity contribution is 0.102. The van der Waals surface area contributed by atoms with Gasteiger partial charge in [-0.25, -0.2) is 4.98 Å². The summed E-state index contributed by atoms with van der Waals surface area (Å²) < 4.78 is 12.0. The van der Waals surface area contributed by atoms with Gasteiger partial charge in [0.2, 0.25) is 0 Å². The molecule has 7 nitrogen and oxygen atoms in total. The van der Waals surface area contributed by atoms with E-state index < -0.39 is 0 Å². The Morgan fingerprint density at radius 2 is 1.77 bits per heavy atom. The minimum atomic E-state index is -0.336. The molecule has 0 radical (unpaired) electrons. The fourth-order valence-electron chi connectivity index (χ4n) is 3.46. The Morgan fingerprint density at radius 3 is 2.55 bits per heavy atom. The minimum Gasteiger partial charge on any atom is -0.497 e. The quantitative estimate of drug-likeness (QED) is 0.533. The van der Waals surface area contributed by atoms with Crippen LogP contribution < -0.4 is 20.3 Å². The number of aryl methyl sites for hydroxylation is 1. The van der Waals surface area contributed by atoms with Crippen molar-refractivity contribution < 1.29 is 14.3 Å². The number of benzene rings is 3. The van der Waals surface area contributed by atoms with Crippen molar-refractivity contribution in [3.63, 3.8) is 0 Å². The van der Waals surface area contributed by atoms with Gasteiger partial charge in [-0.3, -0.25) is 14.2 Å². The maximum atomic E-state index is 13.1. The second-order valence-corrected chi connectivity index (χ2v) is 6.89. The minimum absolute atomic E-state index is 0.164. The van der Waals surface area contributed by atoms with Gasteiger partial charge in [0.05, 0.1) is 36.4 Å².